The van der Waals surface area contributed by atoms with Gasteiger partial charge in [0.15, 0.2) is 11.9 Å². The van der Waals surface area contributed by atoms with Crippen LogP contribution in [0.2, 0.25) is 0 Å². The molecular formula is C14H12O2. The van der Waals surface area contributed by atoms with Gasteiger partial charge in [0.05, 0.1) is 12.0 Å². The number of hydrogen-bond acceptors (Lipinski definition) is 2. The fraction of sp³-hybridized carbons (Fsp3) is 0.357. The third-order valence-electron chi connectivity index (χ3n) is 2.85. The summed E-state index contributed by atoms with van der Waals surface area (Å²) < 4.78 is 5.69. The quantitative estimate of drug-likeness (QED) is 0.617. The minimum Gasteiger partial charge on any atom is -0.477 e. The highest BCUT2D eigenvalue weighted by atomic mass is 16.5. The average molecular weight is 212 g/mol. The van der Waals surface area contributed by atoms with Gasteiger partial charge in [-0.1, -0.05) is 24.0 Å². The van der Waals surface area contributed by atoms with Crippen molar-refractivity contribution in [2.24, 2.45) is 5.92 Å². The average Bonchev–Trinajstić information content (AvgIpc) is 3.10. The predicted octanol–water partition coefficient (Wildman–Crippen LogP) is 2.43. The normalized spacial score (nSPS) is 22.8. The van der Waals surface area contributed by atoms with Crippen LogP contribution in [0.15, 0.2) is 24.3 Å². The molecule has 0 N–H and O–H groups in total. The molecule has 2 heteroatoms. The molecule has 80 valence electrons. The summed E-state index contributed by atoms with van der Waals surface area (Å²) >= 11 is 0. The van der Waals surface area contributed by atoms with Gasteiger partial charge in [-0.15, -0.1) is 0 Å². The van der Waals surface area contributed by atoms with Crippen LogP contribution in [0.5, 0.6) is 5.75 Å². The summed E-state index contributed by atoms with van der Waals surface area (Å²) in [4.78, 5) is 11.8. The number of carbonyl (C=O) groups is 1. The topological polar surface area (TPSA) is 26.3 Å². The Balaban J connectivity index is 1.83. The van der Waals surface area contributed by atoms with Crippen molar-refractivity contribution >= 4 is 5.78 Å². The molecule has 1 saturated carbocycles. The van der Waals surface area contributed by atoms with Crippen LogP contribution >= 0.6 is 0 Å². The van der Waals surface area contributed by atoms with Gasteiger partial charge < -0.3 is 4.74 Å². The SMILES string of the molecule is O=C1C[C@H](C#CC2CC2)Oc2ccccc21. The first-order valence-corrected chi connectivity index (χ1v) is 5.63. The number of fused-ring (bicyclic) bond motifs is 1. The number of Topliss-reactive ketones (excluding diaryl/α,β-unsaturated/α-hetero) is 1. The molecule has 1 aliphatic heterocycles. The number of ketones is 1. The van der Waals surface area contributed by atoms with E-state index in [0.717, 1.165) is 0 Å². The third kappa shape index (κ3) is 1.81. The van der Waals surface area contributed by atoms with Gasteiger partial charge in [0.2, 0.25) is 0 Å². The minimum absolute atomic E-state index is 0.136. The molecule has 2 aliphatic rings. The van der Waals surface area contributed by atoms with E-state index in [2.05, 4.69) is 11.8 Å². The molecule has 1 aromatic rings. The maximum Gasteiger partial charge on any atom is 0.171 e. The van der Waals surface area contributed by atoms with Gasteiger partial charge in [-0.25, -0.2) is 0 Å². The Bertz CT molecular complexity index is 489. The summed E-state index contributed by atoms with van der Waals surface area (Å²) in [5.74, 6) is 7.57. The van der Waals surface area contributed by atoms with Gasteiger partial charge in [-0.3, -0.25) is 4.79 Å². The molecule has 1 fully saturated rings. The zero-order chi connectivity index (χ0) is 11.0. The number of ether oxygens (including phenoxy) is 1. The Morgan fingerprint density at radius 1 is 1.19 bits per heavy atom. The van der Waals surface area contributed by atoms with Crippen LogP contribution in [-0.2, 0) is 0 Å². The van der Waals surface area contributed by atoms with Crippen molar-refractivity contribution in [1.82, 2.24) is 0 Å². The molecule has 1 heterocycles. The van der Waals surface area contributed by atoms with E-state index < -0.39 is 0 Å². The van der Waals surface area contributed by atoms with E-state index in [4.69, 9.17) is 4.74 Å². The smallest absolute Gasteiger partial charge is 0.171 e. The largest absolute Gasteiger partial charge is 0.477 e. The van der Waals surface area contributed by atoms with E-state index in [1.807, 2.05) is 24.3 Å². The Hall–Kier alpha value is -1.75. The van der Waals surface area contributed by atoms with Crippen LogP contribution in [0.3, 0.4) is 0 Å². The molecule has 1 aromatic carbocycles. The van der Waals surface area contributed by atoms with E-state index in [0.29, 0.717) is 23.7 Å². The molecule has 2 nitrogen and oxygen atoms in total. The van der Waals surface area contributed by atoms with Gasteiger partial charge in [0.1, 0.15) is 5.75 Å². The summed E-state index contributed by atoms with van der Waals surface area (Å²) in [6, 6.07) is 7.37. The molecule has 0 saturated heterocycles. The summed E-state index contributed by atoms with van der Waals surface area (Å²) in [5, 5.41) is 0. The van der Waals surface area contributed by atoms with Gasteiger partial charge in [-0.2, -0.15) is 0 Å². The first kappa shape index (κ1) is 9.47. The number of carbonyl (C=O) groups excluding carboxylic acids is 1. The monoisotopic (exact) mass is 212 g/mol. The van der Waals surface area contributed by atoms with Crippen LogP contribution in [0.25, 0.3) is 0 Å². The Morgan fingerprint density at radius 2 is 2.00 bits per heavy atom. The fourth-order valence-electron chi connectivity index (χ4n) is 1.79. The van der Waals surface area contributed by atoms with Gasteiger partial charge >= 0.3 is 0 Å². The molecule has 0 amide bonds. The predicted molar refractivity (Wildman–Crippen MR) is 60.3 cm³/mol. The Labute approximate surface area is 94.6 Å². The number of hydrogen-bond donors (Lipinski definition) is 0. The standard InChI is InChI=1S/C14H12O2/c15-13-9-11(8-7-10-5-6-10)16-14-4-2-1-3-12(13)14/h1-4,10-11H,5-6,9H2/t11-/m0/s1. The van der Waals surface area contributed by atoms with E-state index >= 15 is 0 Å². The van der Waals surface area contributed by atoms with E-state index in [9.17, 15) is 4.79 Å². The van der Waals surface area contributed by atoms with Gasteiger partial charge in [0, 0.05) is 5.92 Å². The van der Waals surface area contributed by atoms with Crippen LogP contribution in [0.1, 0.15) is 29.6 Å². The number of para-hydroxylation sites is 1. The molecule has 16 heavy (non-hydrogen) atoms. The van der Waals surface area contributed by atoms with Gasteiger partial charge in [0.25, 0.3) is 0 Å². The van der Waals surface area contributed by atoms with E-state index in [-0.39, 0.29) is 11.9 Å². The maximum absolute atomic E-state index is 11.8. The molecule has 3 rings (SSSR count). The highest BCUT2D eigenvalue weighted by Crippen LogP contribution is 2.29. The lowest BCUT2D eigenvalue weighted by Crippen LogP contribution is -2.25. The first-order valence-electron chi connectivity index (χ1n) is 5.63. The molecule has 0 bridgehead atoms. The highest BCUT2D eigenvalue weighted by molar-refractivity contribution is 6.00. The molecule has 0 aromatic heterocycles. The van der Waals surface area contributed by atoms with Crippen molar-refractivity contribution in [3.63, 3.8) is 0 Å². The number of rotatable bonds is 0. The molecule has 0 spiro atoms. The van der Waals surface area contributed by atoms with Crippen LogP contribution in [0, 0.1) is 17.8 Å². The Kier molecular flexibility index (Phi) is 2.18. The summed E-state index contributed by atoms with van der Waals surface area (Å²) in [6.45, 7) is 0. The molecule has 0 unspecified atom stereocenters. The lowest BCUT2D eigenvalue weighted by Gasteiger charge is -2.21. The van der Waals surface area contributed by atoms with E-state index in [1.165, 1.54) is 12.8 Å². The maximum atomic E-state index is 11.8. The second-order valence-corrected chi connectivity index (χ2v) is 4.29. The summed E-state index contributed by atoms with van der Waals surface area (Å²) in [6.07, 6.45) is 2.54. The van der Waals surface area contributed by atoms with Crippen molar-refractivity contribution < 1.29 is 9.53 Å². The first-order chi connectivity index (χ1) is 7.83. The molecular weight excluding hydrogens is 200 g/mol. The van der Waals surface area contributed by atoms with Crippen molar-refractivity contribution in [3.8, 4) is 17.6 Å². The number of benzene rings is 1. The van der Waals surface area contributed by atoms with Crippen LogP contribution in [0.4, 0.5) is 0 Å². The third-order valence-corrected chi connectivity index (χ3v) is 2.85. The van der Waals surface area contributed by atoms with Crippen LogP contribution in [-0.4, -0.2) is 11.9 Å². The Morgan fingerprint density at radius 3 is 2.81 bits per heavy atom. The van der Waals surface area contributed by atoms with Crippen molar-refractivity contribution in [1.29, 1.82) is 0 Å². The lowest BCUT2D eigenvalue weighted by atomic mass is 10.0. The highest BCUT2D eigenvalue weighted by Gasteiger charge is 2.25. The molecule has 0 radical (unpaired) electrons. The van der Waals surface area contributed by atoms with Gasteiger partial charge in [-0.05, 0) is 25.0 Å². The van der Waals surface area contributed by atoms with Crippen LogP contribution < -0.4 is 4.74 Å². The fourth-order valence-corrected chi connectivity index (χ4v) is 1.79. The van der Waals surface area contributed by atoms with Crippen molar-refractivity contribution in [2.75, 3.05) is 0 Å². The van der Waals surface area contributed by atoms with E-state index in [1.54, 1.807) is 0 Å². The lowest BCUT2D eigenvalue weighted by molar-refractivity contribution is 0.0900. The summed E-state index contributed by atoms with van der Waals surface area (Å²) in [7, 11) is 0. The minimum atomic E-state index is -0.247. The second kappa shape index (κ2) is 3.68. The van der Waals surface area contributed by atoms with Crippen molar-refractivity contribution in [3.05, 3.63) is 29.8 Å². The molecule has 1 aliphatic carbocycles. The summed E-state index contributed by atoms with van der Waals surface area (Å²) in [5.41, 5.74) is 0.687. The van der Waals surface area contributed by atoms with Crippen molar-refractivity contribution in [2.45, 2.75) is 25.4 Å². The zero-order valence-corrected chi connectivity index (χ0v) is 8.90. The second-order valence-electron chi connectivity index (χ2n) is 4.29. The molecule has 1 atom stereocenters. The zero-order valence-electron chi connectivity index (χ0n) is 8.90.